The molecule has 1 saturated heterocycles. The maximum Gasteiger partial charge on any atom is 0.307 e. The van der Waals surface area contributed by atoms with Gasteiger partial charge in [-0.15, -0.1) is 0 Å². The average molecular weight is 334 g/mol. The largest absolute Gasteiger partial charge is 0.481 e. The van der Waals surface area contributed by atoms with Crippen LogP contribution in [0.2, 0.25) is 0 Å². The van der Waals surface area contributed by atoms with Gasteiger partial charge in [0.1, 0.15) is 4.90 Å². The molecule has 2 heterocycles. The summed E-state index contributed by atoms with van der Waals surface area (Å²) in [5.74, 6) is -1.60. The van der Waals surface area contributed by atoms with Crippen molar-refractivity contribution in [3.8, 4) is 0 Å². The molecule has 23 heavy (non-hydrogen) atoms. The molecule has 0 spiro atoms. The molecule has 122 valence electrons. The van der Waals surface area contributed by atoms with E-state index in [0.29, 0.717) is 30.5 Å². The number of piperidine rings is 1. The van der Waals surface area contributed by atoms with E-state index in [9.17, 15) is 18.3 Å². The summed E-state index contributed by atoms with van der Waals surface area (Å²) in [6.45, 7) is 2.09. The van der Waals surface area contributed by atoms with Gasteiger partial charge >= 0.3 is 5.97 Å². The van der Waals surface area contributed by atoms with Crippen molar-refractivity contribution >= 4 is 26.9 Å². The normalized spacial score (nSPS) is 19.8. The van der Waals surface area contributed by atoms with Gasteiger partial charge in [0.2, 0.25) is 10.0 Å². The van der Waals surface area contributed by atoms with E-state index in [1.54, 1.807) is 25.3 Å². The lowest BCUT2D eigenvalue weighted by Gasteiger charge is -2.30. The van der Waals surface area contributed by atoms with Crippen molar-refractivity contribution in [1.82, 2.24) is 9.29 Å². The fourth-order valence-corrected chi connectivity index (χ4v) is 4.93. The lowest BCUT2D eigenvalue weighted by Crippen LogP contribution is -2.42. The van der Waals surface area contributed by atoms with Crippen LogP contribution in [0.5, 0.6) is 0 Å². The van der Waals surface area contributed by atoms with Gasteiger partial charge in [-0.25, -0.2) is 8.42 Å². The number of fused-ring (bicyclic) bond motifs is 1. The number of sulfonamides is 1. The molecule has 0 bridgehead atoms. The van der Waals surface area contributed by atoms with Crippen molar-refractivity contribution in [2.75, 3.05) is 13.1 Å². The van der Waals surface area contributed by atoms with Crippen LogP contribution in [0.25, 0.3) is 10.9 Å². The summed E-state index contributed by atoms with van der Waals surface area (Å²) >= 11 is 0. The van der Waals surface area contributed by atoms with Gasteiger partial charge in [-0.05, 0) is 31.4 Å². The Morgan fingerprint density at radius 3 is 2.87 bits per heavy atom. The minimum atomic E-state index is -3.78. The Morgan fingerprint density at radius 2 is 2.13 bits per heavy atom. The zero-order valence-corrected chi connectivity index (χ0v) is 13.6. The summed E-state index contributed by atoms with van der Waals surface area (Å²) in [7, 11) is -3.78. The quantitative estimate of drug-likeness (QED) is 0.928. The molecular weight excluding hydrogens is 316 g/mol. The molecule has 1 N–H and O–H groups in total. The van der Waals surface area contributed by atoms with Gasteiger partial charge in [0, 0.05) is 24.7 Å². The van der Waals surface area contributed by atoms with Gasteiger partial charge in [-0.1, -0.05) is 18.2 Å². The van der Waals surface area contributed by atoms with Crippen LogP contribution in [0.4, 0.5) is 0 Å². The SMILES string of the molecule is Cc1ccc2cccnc2c1S(=O)(=O)N1CCC[C@@H](C(=O)O)C1. The Balaban J connectivity index is 2.10. The Kier molecular flexibility index (Phi) is 4.08. The number of nitrogens with zero attached hydrogens (tertiary/aromatic N) is 2. The lowest BCUT2D eigenvalue weighted by molar-refractivity contribution is -0.142. The molecule has 1 aliphatic rings. The standard InChI is InChI=1S/C16H18N2O4S/c1-11-6-7-12-4-2-8-17-14(12)15(11)23(21,22)18-9-3-5-13(10-18)16(19)20/h2,4,6-8,13H,3,5,9-10H2,1H3,(H,19,20)/t13-/m1/s1. The number of hydrogen-bond acceptors (Lipinski definition) is 4. The van der Waals surface area contributed by atoms with E-state index >= 15 is 0 Å². The molecule has 3 rings (SSSR count). The van der Waals surface area contributed by atoms with Gasteiger partial charge in [0.05, 0.1) is 11.4 Å². The number of aliphatic carboxylic acids is 1. The fourth-order valence-electron chi connectivity index (χ4n) is 3.04. The highest BCUT2D eigenvalue weighted by Crippen LogP contribution is 2.30. The van der Waals surface area contributed by atoms with E-state index in [1.165, 1.54) is 4.31 Å². The minimum absolute atomic E-state index is 0.0142. The van der Waals surface area contributed by atoms with Crippen LogP contribution < -0.4 is 0 Å². The molecule has 1 aliphatic heterocycles. The van der Waals surface area contributed by atoms with Gasteiger partial charge in [0.25, 0.3) is 0 Å². The van der Waals surface area contributed by atoms with Gasteiger partial charge < -0.3 is 5.11 Å². The number of pyridine rings is 1. The Bertz CT molecular complexity index is 864. The molecule has 0 aliphatic carbocycles. The molecule has 6 nitrogen and oxygen atoms in total. The molecule has 2 aromatic rings. The van der Waals surface area contributed by atoms with Crippen LogP contribution in [0, 0.1) is 12.8 Å². The molecule has 0 amide bonds. The van der Waals surface area contributed by atoms with Crippen LogP contribution in [-0.4, -0.2) is 41.9 Å². The third-order valence-electron chi connectivity index (χ3n) is 4.26. The maximum atomic E-state index is 13.1. The van der Waals surface area contributed by atoms with E-state index in [0.717, 1.165) is 5.39 Å². The van der Waals surface area contributed by atoms with Crippen molar-refractivity contribution in [3.63, 3.8) is 0 Å². The Morgan fingerprint density at radius 1 is 1.35 bits per heavy atom. The summed E-state index contributed by atoms with van der Waals surface area (Å²) in [6.07, 6.45) is 2.62. The first kappa shape index (κ1) is 15.9. The second-order valence-corrected chi connectivity index (χ2v) is 7.70. The third kappa shape index (κ3) is 2.82. The lowest BCUT2D eigenvalue weighted by atomic mass is 10.0. The number of benzene rings is 1. The number of carboxylic acids is 1. The molecule has 0 radical (unpaired) electrons. The smallest absolute Gasteiger partial charge is 0.307 e. The first-order valence-electron chi connectivity index (χ1n) is 7.48. The van der Waals surface area contributed by atoms with E-state index < -0.39 is 21.9 Å². The van der Waals surface area contributed by atoms with Crippen molar-refractivity contribution in [3.05, 3.63) is 36.0 Å². The summed E-state index contributed by atoms with van der Waals surface area (Å²) < 4.78 is 27.4. The van der Waals surface area contributed by atoms with Crippen LogP contribution in [-0.2, 0) is 14.8 Å². The number of hydrogen-bond donors (Lipinski definition) is 1. The highest BCUT2D eigenvalue weighted by Gasteiger charge is 2.35. The Hall–Kier alpha value is -1.99. The highest BCUT2D eigenvalue weighted by molar-refractivity contribution is 7.89. The molecule has 0 saturated carbocycles. The van der Waals surface area contributed by atoms with E-state index in [4.69, 9.17) is 0 Å². The molecular formula is C16H18N2O4S. The molecule has 1 aromatic heterocycles. The van der Waals surface area contributed by atoms with Crippen LogP contribution in [0.1, 0.15) is 18.4 Å². The summed E-state index contributed by atoms with van der Waals surface area (Å²) in [5, 5.41) is 9.94. The Labute approximate surface area is 134 Å². The van der Waals surface area contributed by atoms with Gasteiger partial charge in [-0.3, -0.25) is 9.78 Å². The highest BCUT2D eigenvalue weighted by atomic mass is 32.2. The average Bonchev–Trinajstić information content (AvgIpc) is 2.54. The minimum Gasteiger partial charge on any atom is -0.481 e. The van der Waals surface area contributed by atoms with E-state index in [1.807, 2.05) is 12.1 Å². The number of rotatable bonds is 3. The van der Waals surface area contributed by atoms with Crippen molar-refractivity contribution in [2.45, 2.75) is 24.7 Å². The summed E-state index contributed by atoms with van der Waals surface area (Å²) in [4.78, 5) is 15.6. The number of carbonyl (C=O) groups is 1. The van der Waals surface area contributed by atoms with Gasteiger partial charge in [-0.2, -0.15) is 4.31 Å². The topological polar surface area (TPSA) is 87.6 Å². The summed E-state index contributed by atoms with van der Waals surface area (Å²) in [5.41, 5.74) is 1.05. The fraction of sp³-hybridized carbons (Fsp3) is 0.375. The second-order valence-electron chi connectivity index (χ2n) is 5.83. The van der Waals surface area contributed by atoms with Crippen LogP contribution >= 0.6 is 0 Å². The zero-order chi connectivity index (χ0) is 16.6. The molecule has 1 aromatic carbocycles. The van der Waals surface area contributed by atoms with E-state index in [-0.39, 0.29) is 11.4 Å². The van der Waals surface area contributed by atoms with Gasteiger partial charge in [0.15, 0.2) is 0 Å². The molecule has 0 unspecified atom stereocenters. The number of aryl methyl sites for hydroxylation is 1. The summed E-state index contributed by atoms with van der Waals surface area (Å²) in [6, 6.07) is 7.18. The maximum absolute atomic E-state index is 13.1. The predicted octanol–water partition coefficient (Wildman–Crippen LogP) is 2.03. The first-order chi connectivity index (χ1) is 10.9. The zero-order valence-electron chi connectivity index (χ0n) is 12.8. The molecule has 7 heteroatoms. The third-order valence-corrected chi connectivity index (χ3v) is 6.30. The van der Waals surface area contributed by atoms with E-state index in [2.05, 4.69) is 4.98 Å². The van der Waals surface area contributed by atoms with Crippen LogP contribution in [0.15, 0.2) is 35.4 Å². The number of aromatic nitrogens is 1. The van der Waals surface area contributed by atoms with Crippen molar-refractivity contribution in [2.24, 2.45) is 5.92 Å². The first-order valence-corrected chi connectivity index (χ1v) is 8.92. The van der Waals surface area contributed by atoms with Crippen LogP contribution in [0.3, 0.4) is 0 Å². The van der Waals surface area contributed by atoms with Crippen molar-refractivity contribution in [1.29, 1.82) is 0 Å². The predicted molar refractivity (Wildman–Crippen MR) is 85.6 cm³/mol. The molecule has 1 fully saturated rings. The van der Waals surface area contributed by atoms with Crippen molar-refractivity contribution < 1.29 is 18.3 Å². The monoisotopic (exact) mass is 334 g/mol. The molecule has 1 atom stereocenters. The number of carboxylic acid groups (broad SMARTS) is 1. The second kappa shape index (κ2) is 5.90.